The number of carbonyl (C=O) groups excluding carboxylic acids is 2. The fourth-order valence-electron chi connectivity index (χ4n) is 1.03. The lowest BCUT2D eigenvalue weighted by Gasteiger charge is -2.19. The molecule has 0 aromatic carbocycles. The van der Waals surface area contributed by atoms with Gasteiger partial charge in [-0.3, -0.25) is 9.36 Å². The monoisotopic (exact) mass is 209 g/mol. The van der Waals surface area contributed by atoms with E-state index >= 15 is 0 Å². The maximum absolute atomic E-state index is 11.5. The van der Waals surface area contributed by atoms with E-state index in [1.165, 1.54) is 23.9 Å². The van der Waals surface area contributed by atoms with Gasteiger partial charge in [-0.2, -0.15) is 0 Å². The van der Waals surface area contributed by atoms with E-state index in [2.05, 4.69) is 0 Å². The highest BCUT2D eigenvalue weighted by atomic mass is 16.6. The van der Waals surface area contributed by atoms with E-state index in [1.807, 2.05) is 0 Å². The van der Waals surface area contributed by atoms with Gasteiger partial charge in [0.1, 0.15) is 5.60 Å². The van der Waals surface area contributed by atoms with Crippen LogP contribution in [0.3, 0.4) is 0 Å². The van der Waals surface area contributed by atoms with Gasteiger partial charge in [0.25, 0.3) is 0 Å². The van der Waals surface area contributed by atoms with Crippen molar-refractivity contribution in [1.82, 2.24) is 4.57 Å². The number of nitrogens with zero attached hydrogens (tertiary/aromatic N) is 1. The van der Waals surface area contributed by atoms with Crippen LogP contribution in [0.1, 0.15) is 38.1 Å². The minimum Gasteiger partial charge on any atom is -0.443 e. The second kappa shape index (κ2) is 3.88. The fourth-order valence-corrected chi connectivity index (χ4v) is 1.03. The average molecular weight is 209 g/mol. The van der Waals surface area contributed by atoms with E-state index in [0.717, 1.165) is 0 Å². The molecule has 0 spiro atoms. The first-order valence-electron chi connectivity index (χ1n) is 4.72. The molecule has 0 unspecified atom stereocenters. The van der Waals surface area contributed by atoms with Crippen molar-refractivity contribution in [2.24, 2.45) is 0 Å². The van der Waals surface area contributed by atoms with E-state index in [1.54, 1.807) is 26.8 Å². The van der Waals surface area contributed by atoms with Gasteiger partial charge in [-0.1, -0.05) is 0 Å². The van der Waals surface area contributed by atoms with Crippen LogP contribution in [-0.4, -0.2) is 22.0 Å². The van der Waals surface area contributed by atoms with Gasteiger partial charge in [0.2, 0.25) is 0 Å². The summed E-state index contributed by atoms with van der Waals surface area (Å²) in [4.78, 5) is 22.5. The number of ether oxygens (including phenoxy) is 1. The summed E-state index contributed by atoms with van der Waals surface area (Å²) in [5, 5.41) is 0. The maximum atomic E-state index is 11.5. The van der Waals surface area contributed by atoms with E-state index in [0.29, 0.717) is 5.56 Å². The minimum atomic E-state index is -0.530. The number of ketones is 1. The molecule has 4 heteroatoms. The Labute approximate surface area is 88.8 Å². The molecule has 0 aliphatic rings. The molecule has 1 rings (SSSR count). The predicted octanol–water partition coefficient (Wildman–Crippen LogP) is 2.47. The van der Waals surface area contributed by atoms with E-state index < -0.39 is 11.7 Å². The van der Waals surface area contributed by atoms with Crippen LogP contribution in [0.2, 0.25) is 0 Å². The molecule has 0 saturated heterocycles. The van der Waals surface area contributed by atoms with E-state index in [4.69, 9.17) is 4.74 Å². The van der Waals surface area contributed by atoms with E-state index in [-0.39, 0.29) is 5.78 Å². The molecule has 1 aromatic heterocycles. The van der Waals surface area contributed by atoms with Gasteiger partial charge in [-0.25, -0.2) is 4.79 Å². The molecule has 82 valence electrons. The van der Waals surface area contributed by atoms with Crippen LogP contribution in [0.5, 0.6) is 0 Å². The van der Waals surface area contributed by atoms with Gasteiger partial charge in [-0.05, 0) is 33.8 Å². The number of hydrogen-bond donors (Lipinski definition) is 0. The minimum absolute atomic E-state index is 0.0719. The predicted molar refractivity (Wildman–Crippen MR) is 56.1 cm³/mol. The molecule has 0 aliphatic heterocycles. The number of rotatable bonds is 1. The highest BCUT2D eigenvalue weighted by Crippen LogP contribution is 2.10. The number of hydrogen-bond acceptors (Lipinski definition) is 3. The number of carbonyl (C=O) groups is 2. The smallest absolute Gasteiger partial charge is 0.418 e. The summed E-state index contributed by atoms with van der Waals surface area (Å²) in [7, 11) is 0. The van der Waals surface area contributed by atoms with Crippen LogP contribution in [0.25, 0.3) is 0 Å². The molecule has 0 fully saturated rings. The highest BCUT2D eigenvalue weighted by Gasteiger charge is 2.17. The Morgan fingerprint density at radius 2 is 1.93 bits per heavy atom. The third-order valence-electron chi connectivity index (χ3n) is 1.70. The Kier molecular flexibility index (Phi) is 2.98. The highest BCUT2D eigenvalue weighted by molar-refractivity contribution is 5.94. The first-order chi connectivity index (χ1) is 6.79. The largest absolute Gasteiger partial charge is 0.443 e. The molecule has 4 nitrogen and oxygen atoms in total. The van der Waals surface area contributed by atoms with Crippen molar-refractivity contribution in [3.05, 3.63) is 24.0 Å². The Hall–Kier alpha value is -1.58. The summed E-state index contributed by atoms with van der Waals surface area (Å²) in [6.45, 7) is 6.83. The van der Waals surface area contributed by atoms with Gasteiger partial charge >= 0.3 is 6.09 Å². The molecule has 1 heterocycles. The zero-order valence-corrected chi connectivity index (χ0v) is 9.40. The summed E-state index contributed by atoms with van der Waals surface area (Å²) >= 11 is 0. The zero-order chi connectivity index (χ0) is 11.6. The number of Topliss-reactive ketones (excluding diaryl/α,β-unsaturated/α-hetero) is 1. The summed E-state index contributed by atoms with van der Waals surface area (Å²) in [6.07, 6.45) is 2.51. The summed E-state index contributed by atoms with van der Waals surface area (Å²) < 4.78 is 6.40. The molecular formula is C11H15NO3. The molecule has 0 saturated carbocycles. The normalized spacial score (nSPS) is 11.2. The van der Waals surface area contributed by atoms with Gasteiger partial charge in [0.15, 0.2) is 5.78 Å². The van der Waals surface area contributed by atoms with Crippen molar-refractivity contribution in [3.8, 4) is 0 Å². The summed E-state index contributed by atoms with van der Waals surface area (Å²) in [5.74, 6) is -0.0719. The quantitative estimate of drug-likeness (QED) is 0.667. The molecule has 0 aliphatic carbocycles. The molecule has 0 bridgehead atoms. The second-order valence-corrected chi connectivity index (χ2v) is 4.34. The zero-order valence-electron chi connectivity index (χ0n) is 9.40. The third-order valence-corrected chi connectivity index (χ3v) is 1.70. The van der Waals surface area contributed by atoms with Crippen molar-refractivity contribution in [1.29, 1.82) is 0 Å². The first kappa shape index (κ1) is 11.5. The molecule has 1 aromatic rings. The topological polar surface area (TPSA) is 48.3 Å². The van der Waals surface area contributed by atoms with Gasteiger partial charge < -0.3 is 4.74 Å². The van der Waals surface area contributed by atoms with Crippen LogP contribution in [0.15, 0.2) is 18.5 Å². The van der Waals surface area contributed by atoms with E-state index in [9.17, 15) is 9.59 Å². The van der Waals surface area contributed by atoms with Crippen molar-refractivity contribution in [3.63, 3.8) is 0 Å². The van der Waals surface area contributed by atoms with Crippen LogP contribution in [0, 0.1) is 0 Å². The molecule has 0 N–H and O–H groups in total. The first-order valence-corrected chi connectivity index (χ1v) is 4.72. The van der Waals surface area contributed by atoms with Crippen LogP contribution < -0.4 is 0 Å². The molecule has 15 heavy (non-hydrogen) atoms. The molecular weight excluding hydrogens is 194 g/mol. The Morgan fingerprint density at radius 1 is 1.33 bits per heavy atom. The number of aromatic nitrogens is 1. The fraction of sp³-hybridized carbons (Fsp3) is 0.455. The second-order valence-electron chi connectivity index (χ2n) is 4.34. The summed E-state index contributed by atoms with van der Waals surface area (Å²) in [5.41, 5.74) is -0.0292. The Balaban J connectivity index is 2.79. The van der Waals surface area contributed by atoms with Crippen LogP contribution in [-0.2, 0) is 4.74 Å². The Bertz CT molecular complexity index is 385. The average Bonchev–Trinajstić information content (AvgIpc) is 2.47. The van der Waals surface area contributed by atoms with Crippen molar-refractivity contribution >= 4 is 11.9 Å². The van der Waals surface area contributed by atoms with Gasteiger partial charge in [-0.15, -0.1) is 0 Å². The van der Waals surface area contributed by atoms with Crippen LogP contribution in [0.4, 0.5) is 4.79 Å². The van der Waals surface area contributed by atoms with Gasteiger partial charge in [0, 0.05) is 18.0 Å². The molecule has 0 amide bonds. The van der Waals surface area contributed by atoms with Crippen molar-refractivity contribution in [2.75, 3.05) is 0 Å². The lowest BCUT2D eigenvalue weighted by Crippen LogP contribution is -2.26. The van der Waals surface area contributed by atoms with Crippen molar-refractivity contribution < 1.29 is 14.3 Å². The lowest BCUT2D eigenvalue weighted by molar-refractivity contribution is 0.0537. The third kappa shape index (κ3) is 3.23. The Morgan fingerprint density at radius 3 is 2.33 bits per heavy atom. The SMILES string of the molecule is CC(=O)c1ccn(C(=O)OC(C)(C)C)c1. The van der Waals surface area contributed by atoms with Crippen molar-refractivity contribution in [2.45, 2.75) is 33.3 Å². The molecule has 0 radical (unpaired) electrons. The lowest BCUT2D eigenvalue weighted by atomic mass is 10.2. The van der Waals surface area contributed by atoms with Crippen LogP contribution >= 0.6 is 0 Å². The maximum Gasteiger partial charge on any atom is 0.418 e. The van der Waals surface area contributed by atoms with Gasteiger partial charge in [0.05, 0.1) is 0 Å². The standard InChI is InChI=1S/C11H15NO3/c1-8(13)9-5-6-12(7-9)10(14)15-11(2,3)4/h5-7H,1-4H3. The summed E-state index contributed by atoms with van der Waals surface area (Å²) in [6, 6.07) is 1.59. The molecule has 0 atom stereocenters.